The highest BCUT2D eigenvalue weighted by Crippen LogP contribution is 2.33. The molecule has 0 atom stereocenters. The van der Waals surface area contributed by atoms with Gasteiger partial charge in [-0.3, -0.25) is 9.10 Å². The summed E-state index contributed by atoms with van der Waals surface area (Å²) in [5.74, 6) is 0.363. The number of likely N-dealkylation sites (tertiary alicyclic amines) is 1. The van der Waals surface area contributed by atoms with Crippen molar-refractivity contribution in [2.24, 2.45) is 0 Å². The average Bonchev–Trinajstić information content (AvgIpc) is 2.79. The molecule has 2 aromatic rings. The molecule has 2 aromatic carbocycles. The second-order valence-electron chi connectivity index (χ2n) is 8.67. The van der Waals surface area contributed by atoms with E-state index in [4.69, 9.17) is 4.74 Å². The predicted octanol–water partition coefficient (Wildman–Crippen LogP) is 2.73. The molecule has 1 N–H and O–H groups in total. The normalized spacial score (nSPS) is 17.6. The Labute approximate surface area is 190 Å². The number of para-hydroxylation sites is 1. The van der Waals surface area contributed by atoms with Crippen LogP contribution in [0.4, 0.5) is 5.69 Å². The van der Waals surface area contributed by atoms with E-state index in [0.29, 0.717) is 17.9 Å². The summed E-state index contributed by atoms with van der Waals surface area (Å²) in [7, 11) is -1.59. The Morgan fingerprint density at radius 3 is 2.62 bits per heavy atom. The first-order chi connectivity index (χ1) is 15.3. The molecule has 1 amide bonds. The summed E-state index contributed by atoms with van der Waals surface area (Å²) >= 11 is 0. The highest BCUT2D eigenvalue weighted by atomic mass is 32.2. The smallest absolute Gasteiger partial charge is 0.264 e. The number of piperidine rings is 1. The van der Waals surface area contributed by atoms with Gasteiger partial charge in [-0.15, -0.1) is 0 Å². The molecule has 1 saturated heterocycles. The molecule has 32 heavy (non-hydrogen) atoms. The van der Waals surface area contributed by atoms with Crippen molar-refractivity contribution in [1.29, 1.82) is 0 Å². The largest absolute Gasteiger partial charge is 0.484 e. The van der Waals surface area contributed by atoms with Crippen molar-refractivity contribution in [3.8, 4) is 5.75 Å². The number of rotatable bonds is 6. The number of hydrogen-bond acceptors (Lipinski definition) is 5. The van der Waals surface area contributed by atoms with E-state index in [2.05, 4.69) is 17.3 Å². The van der Waals surface area contributed by atoms with Crippen molar-refractivity contribution in [1.82, 2.24) is 10.2 Å². The molecule has 0 spiro atoms. The molecule has 0 aliphatic carbocycles. The molecule has 8 heteroatoms. The van der Waals surface area contributed by atoms with Crippen LogP contribution in [0.3, 0.4) is 0 Å². The molecule has 0 aromatic heterocycles. The standard InChI is InChI=1S/C24H31N3O4S/c1-18-16-21(32(29,30)27-13-5-7-19-6-3-4-8-22(19)27)9-10-23(18)31-17-24(28)25-20-11-14-26(2)15-12-20/h3-4,6,8-10,16,20H,5,7,11-15,17H2,1-2H3,(H,25,28). The van der Waals surface area contributed by atoms with E-state index >= 15 is 0 Å². The van der Waals surface area contributed by atoms with Crippen LogP contribution in [0.25, 0.3) is 0 Å². The van der Waals surface area contributed by atoms with Gasteiger partial charge in [0.1, 0.15) is 5.75 Å². The summed E-state index contributed by atoms with van der Waals surface area (Å²) in [5.41, 5.74) is 2.49. The molecule has 7 nitrogen and oxygen atoms in total. The first-order valence-corrected chi connectivity index (χ1v) is 12.6. The number of fused-ring (bicyclic) bond motifs is 1. The van der Waals surface area contributed by atoms with Gasteiger partial charge in [0.05, 0.1) is 10.6 Å². The minimum Gasteiger partial charge on any atom is -0.484 e. The van der Waals surface area contributed by atoms with E-state index in [9.17, 15) is 13.2 Å². The van der Waals surface area contributed by atoms with Crippen LogP contribution in [0.15, 0.2) is 47.4 Å². The Kier molecular flexibility index (Phi) is 6.71. The molecular weight excluding hydrogens is 426 g/mol. The maximum atomic E-state index is 13.3. The summed E-state index contributed by atoms with van der Waals surface area (Å²) in [6.07, 6.45) is 3.55. The number of sulfonamides is 1. The zero-order valence-electron chi connectivity index (χ0n) is 18.7. The first-order valence-electron chi connectivity index (χ1n) is 11.2. The maximum Gasteiger partial charge on any atom is 0.264 e. The van der Waals surface area contributed by atoms with Gasteiger partial charge >= 0.3 is 0 Å². The van der Waals surface area contributed by atoms with Crippen LogP contribution < -0.4 is 14.4 Å². The molecule has 172 valence electrons. The van der Waals surface area contributed by atoms with Gasteiger partial charge in [-0.25, -0.2) is 8.42 Å². The number of aryl methyl sites for hydroxylation is 2. The van der Waals surface area contributed by atoms with Crippen molar-refractivity contribution >= 4 is 21.6 Å². The summed E-state index contributed by atoms with van der Waals surface area (Å²) in [4.78, 5) is 14.8. The van der Waals surface area contributed by atoms with Gasteiger partial charge < -0.3 is 15.0 Å². The van der Waals surface area contributed by atoms with Crippen molar-refractivity contribution in [3.05, 3.63) is 53.6 Å². The monoisotopic (exact) mass is 457 g/mol. The molecule has 1 fully saturated rings. The Hall–Kier alpha value is -2.58. The van der Waals surface area contributed by atoms with E-state index in [1.165, 1.54) is 4.31 Å². The highest BCUT2D eigenvalue weighted by molar-refractivity contribution is 7.92. The van der Waals surface area contributed by atoms with Gasteiger partial charge in [-0.2, -0.15) is 0 Å². The van der Waals surface area contributed by atoms with Crippen LogP contribution in [0.2, 0.25) is 0 Å². The summed E-state index contributed by atoms with van der Waals surface area (Å²) in [5, 5.41) is 3.02. The second-order valence-corrected chi connectivity index (χ2v) is 10.5. The summed E-state index contributed by atoms with van der Waals surface area (Å²) < 4.78 is 33.9. The maximum absolute atomic E-state index is 13.3. The fraction of sp³-hybridized carbons (Fsp3) is 0.458. The third-order valence-corrected chi connectivity index (χ3v) is 8.05. The lowest BCUT2D eigenvalue weighted by Crippen LogP contribution is -2.44. The van der Waals surface area contributed by atoms with Crippen LogP contribution in [-0.4, -0.2) is 58.6 Å². The minimum atomic E-state index is -3.68. The van der Waals surface area contributed by atoms with Crippen LogP contribution in [-0.2, 0) is 21.2 Å². The Bertz CT molecular complexity index is 1080. The summed E-state index contributed by atoms with van der Waals surface area (Å²) in [6, 6.07) is 12.7. The lowest BCUT2D eigenvalue weighted by Gasteiger charge is -2.30. The van der Waals surface area contributed by atoms with Gasteiger partial charge in [0.25, 0.3) is 15.9 Å². The van der Waals surface area contributed by atoms with Crippen molar-refractivity contribution in [2.45, 2.75) is 43.5 Å². The number of hydrogen-bond donors (Lipinski definition) is 1. The molecule has 2 heterocycles. The zero-order chi connectivity index (χ0) is 22.7. The first kappa shape index (κ1) is 22.6. The number of ether oxygens (including phenoxy) is 1. The van der Waals surface area contributed by atoms with E-state index in [0.717, 1.165) is 50.0 Å². The molecule has 0 unspecified atom stereocenters. The quantitative estimate of drug-likeness (QED) is 0.722. The van der Waals surface area contributed by atoms with Crippen LogP contribution in [0.1, 0.15) is 30.4 Å². The van der Waals surface area contributed by atoms with Crippen LogP contribution >= 0.6 is 0 Å². The molecule has 2 aliphatic rings. The average molecular weight is 458 g/mol. The van der Waals surface area contributed by atoms with E-state index < -0.39 is 10.0 Å². The van der Waals surface area contributed by atoms with Crippen LogP contribution in [0.5, 0.6) is 5.75 Å². The van der Waals surface area contributed by atoms with Gasteiger partial charge in [-0.05, 0) is 88.1 Å². The zero-order valence-corrected chi connectivity index (χ0v) is 19.5. The number of nitrogens with zero attached hydrogens (tertiary/aromatic N) is 2. The number of benzene rings is 2. The topological polar surface area (TPSA) is 78.9 Å². The Balaban J connectivity index is 1.41. The number of carbonyl (C=O) groups is 1. The number of carbonyl (C=O) groups excluding carboxylic acids is 1. The van der Waals surface area contributed by atoms with Crippen LogP contribution in [0, 0.1) is 6.92 Å². The van der Waals surface area contributed by atoms with Crippen molar-refractivity contribution < 1.29 is 17.9 Å². The minimum absolute atomic E-state index is 0.0845. The number of nitrogens with one attached hydrogen (secondary N) is 1. The Morgan fingerprint density at radius 1 is 1.12 bits per heavy atom. The second kappa shape index (κ2) is 9.50. The lowest BCUT2D eigenvalue weighted by molar-refractivity contribution is -0.124. The van der Waals surface area contributed by atoms with Gasteiger partial charge in [0.15, 0.2) is 6.61 Å². The molecule has 2 aliphatic heterocycles. The van der Waals surface area contributed by atoms with E-state index in [1.54, 1.807) is 25.1 Å². The molecule has 4 rings (SSSR count). The predicted molar refractivity (Wildman–Crippen MR) is 125 cm³/mol. The summed E-state index contributed by atoms with van der Waals surface area (Å²) in [6.45, 7) is 4.13. The van der Waals surface area contributed by atoms with Gasteiger partial charge in [-0.1, -0.05) is 18.2 Å². The molecule has 0 saturated carbocycles. The van der Waals surface area contributed by atoms with Gasteiger partial charge in [0, 0.05) is 12.6 Å². The molecular formula is C24H31N3O4S. The third kappa shape index (κ3) is 4.91. The van der Waals surface area contributed by atoms with Crippen molar-refractivity contribution in [2.75, 3.05) is 37.6 Å². The fourth-order valence-electron chi connectivity index (χ4n) is 4.39. The lowest BCUT2D eigenvalue weighted by atomic mass is 10.0. The Morgan fingerprint density at radius 2 is 1.88 bits per heavy atom. The SMILES string of the molecule is Cc1cc(S(=O)(=O)N2CCCc3ccccc32)ccc1OCC(=O)NC1CCN(C)CC1. The fourth-order valence-corrected chi connectivity index (χ4v) is 6.01. The third-order valence-electron chi connectivity index (χ3n) is 6.24. The van der Waals surface area contributed by atoms with E-state index in [-0.39, 0.29) is 23.5 Å². The number of anilines is 1. The number of amides is 1. The van der Waals surface area contributed by atoms with Gasteiger partial charge in [0.2, 0.25) is 0 Å². The van der Waals surface area contributed by atoms with E-state index in [1.807, 2.05) is 24.3 Å². The molecule has 0 bridgehead atoms. The highest BCUT2D eigenvalue weighted by Gasteiger charge is 2.29. The molecule has 0 radical (unpaired) electrons. The van der Waals surface area contributed by atoms with Crippen molar-refractivity contribution in [3.63, 3.8) is 0 Å².